The summed E-state index contributed by atoms with van der Waals surface area (Å²) in [4.78, 5) is 15.9. The molecule has 2 aromatic rings. The van der Waals surface area contributed by atoms with E-state index in [-0.39, 0.29) is 17.9 Å². The second-order valence-corrected chi connectivity index (χ2v) is 7.54. The summed E-state index contributed by atoms with van der Waals surface area (Å²) in [6.45, 7) is 4.33. The zero-order chi connectivity index (χ0) is 16.8. The van der Waals surface area contributed by atoms with E-state index in [9.17, 15) is 4.79 Å². The highest BCUT2D eigenvalue weighted by Crippen LogP contribution is 2.20. The monoisotopic (exact) mass is 343 g/mol. The van der Waals surface area contributed by atoms with Gasteiger partial charge in [-0.15, -0.1) is 11.3 Å². The first-order valence-electron chi connectivity index (χ1n) is 8.69. The molecule has 1 saturated heterocycles. The summed E-state index contributed by atoms with van der Waals surface area (Å²) in [7, 11) is 0. The lowest BCUT2D eigenvalue weighted by atomic mass is 10.0. The van der Waals surface area contributed by atoms with Gasteiger partial charge in [-0.25, -0.2) is 0 Å². The minimum absolute atomic E-state index is 0.0606. The summed E-state index contributed by atoms with van der Waals surface area (Å²) in [5, 5.41) is 2.07. The van der Waals surface area contributed by atoms with Gasteiger partial charge in [0.1, 0.15) is 0 Å². The van der Waals surface area contributed by atoms with Gasteiger partial charge in [-0.1, -0.05) is 43.3 Å². The highest BCUT2D eigenvalue weighted by atomic mass is 32.1. The van der Waals surface area contributed by atoms with Crippen LogP contribution in [0.1, 0.15) is 30.2 Å². The number of carbonyl (C=O) groups excluding carboxylic acids is 1. The predicted octanol–water partition coefficient (Wildman–Crippen LogP) is 4.13. The second kappa shape index (κ2) is 8.45. The standard InChI is InChI=1S/C20H25NO2S/c1-16(14-19-8-5-13-24-19)20(22)21-11-9-18(10-12-21)23-15-17-6-3-2-4-7-17/h2-8,13,16,18H,9-12,14-15H2,1H3. The van der Waals surface area contributed by atoms with Crippen molar-refractivity contribution in [2.45, 2.75) is 38.9 Å². The van der Waals surface area contributed by atoms with E-state index in [1.807, 2.05) is 36.1 Å². The number of rotatable bonds is 6. The summed E-state index contributed by atoms with van der Waals surface area (Å²) in [6.07, 6.45) is 2.98. The van der Waals surface area contributed by atoms with Gasteiger partial charge in [-0.3, -0.25) is 4.79 Å². The van der Waals surface area contributed by atoms with E-state index < -0.39 is 0 Å². The van der Waals surface area contributed by atoms with E-state index in [1.54, 1.807) is 11.3 Å². The fourth-order valence-corrected chi connectivity index (χ4v) is 4.00. The van der Waals surface area contributed by atoms with Crippen molar-refractivity contribution >= 4 is 17.2 Å². The van der Waals surface area contributed by atoms with Crippen LogP contribution < -0.4 is 0 Å². The first-order valence-corrected chi connectivity index (χ1v) is 9.57. The van der Waals surface area contributed by atoms with E-state index in [0.717, 1.165) is 32.4 Å². The van der Waals surface area contributed by atoms with Crippen molar-refractivity contribution in [3.8, 4) is 0 Å². The lowest BCUT2D eigenvalue weighted by Crippen LogP contribution is -2.43. The van der Waals surface area contributed by atoms with Crippen molar-refractivity contribution in [2.75, 3.05) is 13.1 Å². The van der Waals surface area contributed by atoms with Crippen molar-refractivity contribution in [1.82, 2.24) is 4.90 Å². The van der Waals surface area contributed by atoms with Crippen LogP contribution in [0.15, 0.2) is 47.8 Å². The summed E-state index contributed by atoms with van der Waals surface area (Å²) in [6, 6.07) is 14.4. The summed E-state index contributed by atoms with van der Waals surface area (Å²) >= 11 is 1.73. The Morgan fingerprint density at radius 1 is 1.21 bits per heavy atom. The van der Waals surface area contributed by atoms with Crippen LogP contribution in [0.25, 0.3) is 0 Å². The molecule has 3 nitrogen and oxygen atoms in total. The van der Waals surface area contributed by atoms with Crippen LogP contribution in [0.2, 0.25) is 0 Å². The van der Waals surface area contributed by atoms with Crippen LogP contribution in [0.3, 0.4) is 0 Å². The summed E-state index contributed by atoms with van der Waals surface area (Å²) < 4.78 is 6.01. The van der Waals surface area contributed by atoms with E-state index >= 15 is 0 Å². The molecule has 1 aromatic heterocycles. The summed E-state index contributed by atoms with van der Waals surface area (Å²) in [5.41, 5.74) is 1.21. The SMILES string of the molecule is CC(Cc1cccs1)C(=O)N1CCC(OCc2ccccc2)CC1. The van der Waals surface area contributed by atoms with Gasteiger partial charge in [-0.05, 0) is 36.3 Å². The Bertz CT molecular complexity index is 618. The van der Waals surface area contributed by atoms with Gasteiger partial charge in [0.25, 0.3) is 0 Å². The molecule has 1 aromatic carbocycles. The molecule has 0 spiro atoms. The number of nitrogens with zero attached hydrogens (tertiary/aromatic N) is 1. The Kier molecular flexibility index (Phi) is 6.05. The molecular weight excluding hydrogens is 318 g/mol. The third-order valence-corrected chi connectivity index (χ3v) is 5.49. The largest absolute Gasteiger partial charge is 0.373 e. The normalized spacial score (nSPS) is 17.0. The molecule has 1 aliphatic heterocycles. The van der Waals surface area contributed by atoms with Gasteiger partial charge >= 0.3 is 0 Å². The molecule has 128 valence electrons. The maximum absolute atomic E-state index is 12.6. The molecule has 0 aliphatic carbocycles. The average Bonchev–Trinajstić information content (AvgIpc) is 3.13. The van der Waals surface area contributed by atoms with Crippen LogP contribution in [0, 0.1) is 5.92 Å². The topological polar surface area (TPSA) is 29.5 Å². The molecule has 0 bridgehead atoms. The van der Waals surface area contributed by atoms with Gasteiger partial charge in [-0.2, -0.15) is 0 Å². The predicted molar refractivity (Wildman–Crippen MR) is 98.0 cm³/mol. The summed E-state index contributed by atoms with van der Waals surface area (Å²) in [5.74, 6) is 0.343. The molecular formula is C20H25NO2S. The smallest absolute Gasteiger partial charge is 0.225 e. The highest BCUT2D eigenvalue weighted by molar-refractivity contribution is 7.09. The van der Waals surface area contributed by atoms with Crippen molar-refractivity contribution < 1.29 is 9.53 Å². The van der Waals surface area contributed by atoms with Crippen molar-refractivity contribution in [3.63, 3.8) is 0 Å². The van der Waals surface area contributed by atoms with Gasteiger partial charge in [0.15, 0.2) is 0 Å². The first kappa shape index (κ1) is 17.2. The molecule has 0 radical (unpaired) electrons. The highest BCUT2D eigenvalue weighted by Gasteiger charge is 2.26. The molecule has 1 aliphatic rings. The van der Waals surface area contributed by atoms with Crippen molar-refractivity contribution in [2.24, 2.45) is 5.92 Å². The van der Waals surface area contributed by atoms with Crippen molar-refractivity contribution in [3.05, 3.63) is 58.3 Å². The molecule has 1 fully saturated rings. The molecule has 4 heteroatoms. The third-order valence-electron chi connectivity index (χ3n) is 4.59. The van der Waals surface area contributed by atoms with Crippen LogP contribution in [-0.2, 0) is 22.6 Å². The van der Waals surface area contributed by atoms with Gasteiger partial charge in [0.2, 0.25) is 5.91 Å². The number of carbonyl (C=O) groups is 1. The van der Waals surface area contributed by atoms with E-state index in [2.05, 4.69) is 23.6 Å². The fraction of sp³-hybridized carbons (Fsp3) is 0.450. The number of hydrogen-bond donors (Lipinski definition) is 0. The molecule has 0 saturated carbocycles. The first-order chi connectivity index (χ1) is 11.7. The van der Waals surface area contributed by atoms with E-state index in [4.69, 9.17) is 4.74 Å². The molecule has 1 atom stereocenters. The van der Waals surface area contributed by atoms with E-state index in [0.29, 0.717) is 6.61 Å². The maximum Gasteiger partial charge on any atom is 0.225 e. The maximum atomic E-state index is 12.6. The van der Waals surface area contributed by atoms with Gasteiger partial charge < -0.3 is 9.64 Å². The number of likely N-dealkylation sites (tertiary alicyclic amines) is 1. The van der Waals surface area contributed by atoms with E-state index in [1.165, 1.54) is 10.4 Å². The zero-order valence-corrected chi connectivity index (χ0v) is 15.0. The Morgan fingerprint density at radius 2 is 1.96 bits per heavy atom. The quantitative estimate of drug-likeness (QED) is 0.789. The van der Waals surface area contributed by atoms with Crippen LogP contribution in [0.4, 0.5) is 0 Å². The number of thiophene rings is 1. The Hall–Kier alpha value is -1.65. The Morgan fingerprint density at radius 3 is 2.62 bits per heavy atom. The van der Waals surface area contributed by atoms with Gasteiger partial charge in [0.05, 0.1) is 12.7 Å². The van der Waals surface area contributed by atoms with Crippen LogP contribution in [-0.4, -0.2) is 30.0 Å². The molecule has 3 rings (SSSR count). The van der Waals surface area contributed by atoms with Crippen LogP contribution >= 0.6 is 11.3 Å². The Balaban J connectivity index is 1.42. The molecule has 24 heavy (non-hydrogen) atoms. The lowest BCUT2D eigenvalue weighted by molar-refractivity contribution is -0.137. The minimum atomic E-state index is 0.0606. The Labute approximate surface area is 148 Å². The number of hydrogen-bond acceptors (Lipinski definition) is 3. The number of piperidine rings is 1. The average molecular weight is 343 g/mol. The molecule has 0 N–H and O–H groups in total. The van der Waals surface area contributed by atoms with Crippen molar-refractivity contribution in [1.29, 1.82) is 0 Å². The number of benzene rings is 1. The molecule has 2 heterocycles. The zero-order valence-electron chi connectivity index (χ0n) is 14.2. The molecule has 1 unspecified atom stereocenters. The minimum Gasteiger partial charge on any atom is -0.373 e. The fourth-order valence-electron chi connectivity index (χ4n) is 3.16. The lowest BCUT2D eigenvalue weighted by Gasteiger charge is -2.33. The third kappa shape index (κ3) is 4.68. The number of ether oxygens (including phenoxy) is 1. The molecule has 1 amide bonds. The number of amides is 1. The van der Waals surface area contributed by atoms with Gasteiger partial charge in [0, 0.05) is 23.9 Å². The second-order valence-electron chi connectivity index (χ2n) is 6.51. The van der Waals surface area contributed by atoms with Crippen LogP contribution in [0.5, 0.6) is 0 Å².